The average molecular weight is 364 g/mol. The van der Waals surface area contributed by atoms with Gasteiger partial charge in [0.2, 0.25) is 0 Å². The van der Waals surface area contributed by atoms with Gasteiger partial charge in [-0.2, -0.15) is 0 Å². The van der Waals surface area contributed by atoms with Gasteiger partial charge in [0, 0.05) is 29.2 Å². The van der Waals surface area contributed by atoms with Crippen LogP contribution in [0.3, 0.4) is 0 Å². The maximum atomic E-state index is 13.8. The Morgan fingerprint density at radius 2 is 1.96 bits per heavy atom. The number of nitrogens with zero attached hydrogens (tertiary/aromatic N) is 2. The van der Waals surface area contributed by atoms with Crippen molar-refractivity contribution in [1.82, 2.24) is 9.88 Å². The molecule has 0 saturated heterocycles. The largest absolute Gasteiger partial charge is 0.336 e. The number of hydrogen-bond donors (Lipinski definition) is 1. The fourth-order valence-corrected chi connectivity index (χ4v) is 2.92. The highest BCUT2D eigenvalue weighted by Crippen LogP contribution is 2.28. The van der Waals surface area contributed by atoms with Crippen molar-refractivity contribution in [2.75, 3.05) is 6.54 Å². The molecule has 134 valence electrons. The molecule has 1 amide bonds. The molecule has 0 aliphatic heterocycles. The van der Waals surface area contributed by atoms with E-state index >= 15 is 0 Å². The van der Waals surface area contributed by atoms with Gasteiger partial charge in [0.1, 0.15) is 5.82 Å². The van der Waals surface area contributed by atoms with Gasteiger partial charge < -0.3 is 10.6 Å². The number of carbonyl (C=O) groups is 1. The quantitative estimate of drug-likeness (QED) is 0.854. The maximum Gasteiger partial charge on any atom is 0.254 e. The minimum atomic E-state index is -0.471. The van der Waals surface area contributed by atoms with Crippen molar-refractivity contribution in [3.05, 3.63) is 52.4 Å². The predicted octanol–water partition coefficient (Wildman–Crippen LogP) is 4.43. The SMILES string of the molecule is CCN(C(=O)c1cc(F)ccc1-c1cc(Cl)cc(C(C)N)n1)C(C)C. The Labute approximate surface area is 152 Å². The molecule has 1 aromatic carbocycles. The summed E-state index contributed by atoms with van der Waals surface area (Å²) in [6.07, 6.45) is 0. The van der Waals surface area contributed by atoms with E-state index in [1.807, 2.05) is 20.8 Å². The normalized spacial score (nSPS) is 12.3. The molecule has 6 heteroatoms. The van der Waals surface area contributed by atoms with Gasteiger partial charge in [-0.3, -0.25) is 9.78 Å². The Morgan fingerprint density at radius 3 is 2.52 bits per heavy atom. The van der Waals surface area contributed by atoms with Gasteiger partial charge in [0.15, 0.2) is 0 Å². The van der Waals surface area contributed by atoms with Crippen LogP contribution in [-0.2, 0) is 0 Å². The number of nitrogens with two attached hydrogens (primary N) is 1. The van der Waals surface area contributed by atoms with Crippen LogP contribution in [0.15, 0.2) is 30.3 Å². The van der Waals surface area contributed by atoms with Crippen LogP contribution in [0.5, 0.6) is 0 Å². The van der Waals surface area contributed by atoms with Gasteiger partial charge in [-0.15, -0.1) is 0 Å². The smallest absolute Gasteiger partial charge is 0.254 e. The first-order valence-electron chi connectivity index (χ1n) is 8.28. The van der Waals surface area contributed by atoms with Crippen LogP contribution in [0.4, 0.5) is 4.39 Å². The van der Waals surface area contributed by atoms with Crippen molar-refractivity contribution in [1.29, 1.82) is 0 Å². The fraction of sp³-hybridized carbons (Fsp3) is 0.368. The van der Waals surface area contributed by atoms with Crippen molar-refractivity contribution < 1.29 is 9.18 Å². The topological polar surface area (TPSA) is 59.2 Å². The van der Waals surface area contributed by atoms with E-state index in [0.29, 0.717) is 28.5 Å². The van der Waals surface area contributed by atoms with Gasteiger partial charge in [-0.1, -0.05) is 11.6 Å². The van der Waals surface area contributed by atoms with E-state index in [9.17, 15) is 9.18 Å². The van der Waals surface area contributed by atoms with E-state index in [1.165, 1.54) is 12.1 Å². The third kappa shape index (κ3) is 4.35. The molecule has 0 bridgehead atoms. The number of halogens is 2. The first-order valence-corrected chi connectivity index (χ1v) is 8.66. The monoisotopic (exact) mass is 363 g/mol. The Kier molecular flexibility index (Phi) is 6.14. The maximum absolute atomic E-state index is 13.8. The lowest BCUT2D eigenvalue weighted by Crippen LogP contribution is -2.37. The molecule has 0 radical (unpaired) electrons. The zero-order valence-electron chi connectivity index (χ0n) is 14.9. The predicted molar refractivity (Wildman–Crippen MR) is 99.1 cm³/mol. The Bertz CT molecular complexity index is 777. The molecule has 4 nitrogen and oxygen atoms in total. The molecule has 2 rings (SSSR count). The molecule has 1 atom stereocenters. The first-order chi connectivity index (χ1) is 11.7. The number of carbonyl (C=O) groups excluding carboxylic acids is 1. The van der Waals surface area contributed by atoms with Crippen LogP contribution >= 0.6 is 11.6 Å². The van der Waals surface area contributed by atoms with Crippen LogP contribution in [0, 0.1) is 5.82 Å². The van der Waals surface area contributed by atoms with E-state index in [2.05, 4.69) is 4.98 Å². The number of pyridine rings is 1. The zero-order chi connectivity index (χ0) is 18.7. The molecule has 1 unspecified atom stereocenters. The number of amides is 1. The summed E-state index contributed by atoms with van der Waals surface area (Å²) in [5, 5.41) is 0.469. The van der Waals surface area contributed by atoms with E-state index in [-0.39, 0.29) is 23.6 Å². The Balaban J connectivity index is 2.62. The molecule has 2 N–H and O–H groups in total. The van der Waals surface area contributed by atoms with Crippen molar-refractivity contribution in [2.24, 2.45) is 5.73 Å². The number of rotatable bonds is 5. The summed E-state index contributed by atoms with van der Waals surface area (Å²) >= 11 is 6.18. The highest BCUT2D eigenvalue weighted by molar-refractivity contribution is 6.30. The molecular weight excluding hydrogens is 341 g/mol. The van der Waals surface area contributed by atoms with E-state index in [0.717, 1.165) is 0 Å². The molecule has 0 fully saturated rings. The molecule has 0 spiro atoms. The minimum Gasteiger partial charge on any atom is -0.336 e. The van der Waals surface area contributed by atoms with Gasteiger partial charge in [-0.25, -0.2) is 4.39 Å². The molecule has 25 heavy (non-hydrogen) atoms. The van der Waals surface area contributed by atoms with Crippen molar-refractivity contribution >= 4 is 17.5 Å². The van der Waals surface area contributed by atoms with Gasteiger partial charge in [0.25, 0.3) is 5.91 Å². The summed E-state index contributed by atoms with van der Waals surface area (Å²) < 4.78 is 13.8. The summed E-state index contributed by atoms with van der Waals surface area (Å²) in [5.74, 6) is -0.711. The molecule has 1 heterocycles. The molecule has 1 aromatic heterocycles. The summed E-state index contributed by atoms with van der Waals surface area (Å²) in [7, 11) is 0. The third-order valence-electron chi connectivity index (χ3n) is 3.99. The lowest BCUT2D eigenvalue weighted by Gasteiger charge is -2.26. The van der Waals surface area contributed by atoms with E-state index in [1.54, 1.807) is 30.0 Å². The lowest BCUT2D eigenvalue weighted by atomic mass is 10.0. The number of aromatic nitrogens is 1. The van der Waals surface area contributed by atoms with Crippen LogP contribution in [0.25, 0.3) is 11.3 Å². The highest BCUT2D eigenvalue weighted by Gasteiger charge is 2.22. The number of benzene rings is 1. The summed E-state index contributed by atoms with van der Waals surface area (Å²) in [4.78, 5) is 19.1. The second-order valence-electron chi connectivity index (χ2n) is 6.26. The van der Waals surface area contributed by atoms with E-state index in [4.69, 9.17) is 17.3 Å². The average Bonchev–Trinajstić information content (AvgIpc) is 2.54. The lowest BCUT2D eigenvalue weighted by molar-refractivity contribution is 0.0717. The molecule has 0 saturated carbocycles. The Morgan fingerprint density at radius 1 is 1.28 bits per heavy atom. The molecule has 2 aromatic rings. The second kappa shape index (κ2) is 7.93. The third-order valence-corrected chi connectivity index (χ3v) is 4.21. The summed E-state index contributed by atoms with van der Waals surface area (Å²) in [6.45, 7) is 8.07. The van der Waals surface area contributed by atoms with Crippen LogP contribution in [-0.4, -0.2) is 28.4 Å². The molecular formula is C19H23ClFN3O. The standard InChI is InChI=1S/C19H23ClFN3O/c1-5-24(11(2)3)19(25)16-10-14(21)6-7-15(16)18-9-13(20)8-17(23-18)12(4)22/h6-12H,5,22H2,1-4H3. The van der Waals surface area contributed by atoms with Crippen molar-refractivity contribution in [3.63, 3.8) is 0 Å². The number of hydrogen-bond acceptors (Lipinski definition) is 3. The fourth-order valence-electron chi connectivity index (χ4n) is 2.70. The van der Waals surface area contributed by atoms with Gasteiger partial charge in [-0.05, 0) is 58.0 Å². The minimum absolute atomic E-state index is 0.000521. The zero-order valence-corrected chi connectivity index (χ0v) is 15.6. The van der Waals surface area contributed by atoms with Gasteiger partial charge in [0.05, 0.1) is 17.0 Å². The summed E-state index contributed by atoms with van der Waals surface area (Å²) in [6, 6.07) is 7.15. The van der Waals surface area contributed by atoms with Crippen LogP contribution in [0.1, 0.15) is 49.8 Å². The first kappa shape index (κ1) is 19.3. The highest BCUT2D eigenvalue weighted by atomic mass is 35.5. The Hall–Kier alpha value is -1.98. The second-order valence-corrected chi connectivity index (χ2v) is 6.70. The van der Waals surface area contributed by atoms with E-state index < -0.39 is 5.82 Å². The molecule has 0 aliphatic carbocycles. The van der Waals surface area contributed by atoms with Gasteiger partial charge >= 0.3 is 0 Å². The van der Waals surface area contributed by atoms with Crippen molar-refractivity contribution in [2.45, 2.75) is 39.8 Å². The van der Waals surface area contributed by atoms with Crippen molar-refractivity contribution in [3.8, 4) is 11.3 Å². The molecule has 0 aliphatic rings. The summed E-state index contributed by atoms with van der Waals surface area (Å²) in [5.41, 5.74) is 7.82. The van der Waals surface area contributed by atoms with Crippen LogP contribution in [0.2, 0.25) is 5.02 Å². The van der Waals surface area contributed by atoms with Crippen LogP contribution < -0.4 is 5.73 Å².